The maximum absolute atomic E-state index is 12.1. The summed E-state index contributed by atoms with van der Waals surface area (Å²) in [4.78, 5) is 28.1. The van der Waals surface area contributed by atoms with Crippen molar-refractivity contribution in [2.75, 3.05) is 0 Å². The molecule has 1 aromatic carbocycles. The molecule has 0 fully saturated rings. The van der Waals surface area contributed by atoms with Crippen LogP contribution in [0.2, 0.25) is 0 Å². The fourth-order valence-corrected chi connectivity index (χ4v) is 2.91. The van der Waals surface area contributed by atoms with Gasteiger partial charge in [-0.25, -0.2) is 9.78 Å². The Morgan fingerprint density at radius 2 is 2.15 bits per heavy atom. The van der Waals surface area contributed by atoms with Gasteiger partial charge in [0.25, 0.3) is 0 Å². The van der Waals surface area contributed by atoms with E-state index in [9.17, 15) is 9.59 Å². The van der Waals surface area contributed by atoms with Crippen LogP contribution in [0.25, 0.3) is 6.08 Å². The summed E-state index contributed by atoms with van der Waals surface area (Å²) in [5.41, 5.74) is 0.450. The van der Waals surface area contributed by atoms with E-state index in [-0.39, 0.29) is 5.75 Å². The molecule has 7 heteroatoms. The second-order valence-electron chi connectivity index (χ2n) is 5.35. The summed E-state index contributed by atoms with van der Waals surface area (Å²) < 4.78 is 12.3. The Labute approximate surface area is 154 Å². The molecule has 2 aromatic heterocycles. The van der Waals surface area contributed by atoms with E-state index in [0.29, 0.717) is 11.5 Å². The molecule has 3 rings (SSSR count). The number of thioether (sulfide) groups is 1. The average molecular weight is 368 g/mol. The Kier molecular flexibility index (Phi) is 5.70. The van der Waals surface area contributed by atoms with E-state index >= 15 is 0 Å². The smallest absolute Gasteiger partial charge is 0.336 e. The number of imidazole rings is 1. The van der Waals surface area contributed by atoms with Crippen molar-refractivity contribution >= 4 is 23.8 Å². The van der Waals surface area contributed by atoms with Gasteiger partial charge in [0.05, 0.1) is 5.75 Å². The van der Waals surface area contributed by atoms with Crippen molar-refractivity contribution in [2.45, 2.75) is 10.9 Å². The van der Waals surface area contributed by atoms with E-state index in [4.69, 9.17) is 9.15 Å². The van der Waals surface area contributed by atoms with Crippen LogP contribution in [0.5, 0.6) is 5.75 Å². The molecule has 26 heavy (non-hydrogen) atoms. The van der Waals surface area contributed by atoms with Crippen LogP contribution < -0.4 is 10.2 Å². The molecule has 0 saturated carbocycles. The van der Waals surface area contributed by atoms with Gasteiger partial charge in [0.15, 0.2) is 5.16 Å². The topological polar surface area (TPSA) is 74.3 Å². The molecule has 0 aliphatic rings. The highest BCUT2D eigenvalue weighted by atomic mass is 32.2. The summed E-state index contributed by atoms with van der Waals surface area (Å²) in [6.07, 6.45) is 7.57. The number of esters is 1. The predicted octanol–water partition coefficient (Wildman–Crippen LogP) is 3.28. The van der Waals surface area contributed by atoms with E-state index in [2.05, 4.69) is 4.98 Å². The minimum Gasteiger partial charge on any atom is -0.464 e. The summed E-state index contributed by atoms with van der Waals surface area (Å²) in [6.45, 7) is 0. The van der Waals surface area contributed by atoms with Crippen molar-refractivity contribution in [3.05, 3.63) is 82.7 Å². The third kappa shape index (κ3) is 4.73. The van der Waals surface area contributed by atoms with Crippen LogP contribution in [0.3, 0.4) is 0 Å². The molecule has 0 spiro atoms. The number of carbonyl (C=O) groups excluding carboxylic acids is 1. The zero-order valence-electron chi connectivity index (χ0n) is 14.0. The van der Waals surface area contributed by atoms with Gasteiger partial charge in [0.2, 0.25) is 11.2 Å². The minimum atomic E-state index is -0.642. The van der Waals surface area contributed by atoms with Crippen LogP contribution in [0.1, 0.15) is 11.3 Å². The molecule has 0 N–H and O–H groups in total. The third-order valence-corrected chi connectivity index (χ3v) is 4.48. The molecule has 0 radical (unpaired) electrons. The zero-order chi connectivity index (χ0) is 18.4. The highest BCUT2D eigenvalue weighted by molar-refractivity contribution is 7.98. The second kappa shape index (κ2) is 8.35. The third-order valence-electron chi connectivity index (χ3n) is 3.39. The van der Waals surface area contributed by atoms with Crippen molar-refractivity contribution in [3.8, 4) is 5.75 Å². The van der Waals surface area contributed by atoms with Crippen LogP contribution in [0.4, 0.5) is 0 Å². The Hall–Kier alpha value is -3.06. The van der Waals surface area contributed by atoms with Gasteiger partial charge in [0, 0.05) is 31.6 Å². The summed E-state index contributed by atoms with van der Waals surface area (Å²) in [5.74, 6) is 0.139. The lowest BCUT2D eigenvalue weighted by atomic mass is 10.2. The quantitative estimate of drug-likeness (QED) is 0.378. The highest BCUT2D eigenvalue weighted by Crippen LogP contribution is 2.20. The molecule has 2 heterocycles. The van der Waals surface area contributed by atoms with Gasteiger partial charge in [-0.1, -0.05) is 42.1 Å². The first-order chi connectivity index (χ1) is 12.6. The van der Waals surface area contributed by atoms with Gasteiger partial charge in [-0.3, -0.25) is 4.79 Å². The van der Waals surface area contributed by atoms with Crippen molar-refractivity contribution < 1.29 is 13.9 Å². The lowest BCUT2D eigenvalue weighted by Gasteiger charge is -2.03. The normalized spacial score (nSPS) is 11.0. The average Bonchev–Trinajstić information content (AvgIpc) is 3.06. The van der Waals surface area contributed by atoms with Crippen molar-refractivity contribution in [1.82, 2.24) is 9.55 Å². The molecular formula is C19H16N2O4S. The standard InChI is InChI=1S/C19H16N2O4S/c1-21-10-9-20-19(21)26-13-15-11-16(22)17(12-24-15)25-18(23)8-7-14-5-3-2-4-6-14/h2-12H,13H2,1H3/b8-7+. The zero-order valence-corrected chi connectivity index (χ0v) is 14.8. The van der Waals surface area contributed by atoms with Gasteiger partial charge in [-0.05, 0) is 11.6 Å². The van der Waals surface area contributed by atoms with Crippen LogP contribution in [-0.2, 0) is 17.6 Å². The largest absolute Gasteiger partial charge is 0.464 e. The van der Waals surface area contributed by atoms with E-state index in [1.165, 1.54) is 23.9 Å². The fourth-order valence-electron chi connectivity index (χ4n) is 2.09. The number of carbonyl (C=O) groups is 1. The van der Waals surface area contributed by atoms with E-state index in [0.717, 1.165) is 17.0 Å². The summed E-state index contributed by atoms with van der Waals surface area (Å²) in [5, 5.41) is 0.814. The van der Waals surface area contributed by atoms with Gasteiger partial charge < -0.3 is 13.7 Å². The number of aryl methyl sites for hydroxylation is 1. The summed E-state index contributed by atoms with van der Waals surface area (Å²) in [7, 11) is 1.89. The molecule has 0 aliphatic carbocycles. The molecule has 0 saturated heterocycles. The Bertz CT molecular complexity index is 976. The van der Waals surface area contributed by atoms with Crippen LogP contribution >= 0.6 is 11.8 Å². The van der Waals surface area contributed by atoms with Crippen molar-refractivity contribution in [2.24, 2.45) is 7.05 Å². The molecule has 132 valence electrons. The van der Waals surface area contributed by atoms with Gasteiger partial charge in [-0.2, -0.15) is 0 Å². The maximum atomic E-state index is 12.1. The monoisotopic (exact) mass is 368 g/mol. The number of aromatic nitrogens is 2. The second-order valence-corrected chi connectivity index (χ2v) is 6.29. The molecular weight excluding hydrogens is 352 g/mol. The highest BCUT2D eigenvalue weighted by Gasteiger charge is 2.09. The molecule has 6 nitrogen and oxygen atoms in total. The van der Waals surface area contributed by atoms with Crippen LogP contribution in [0, 0.1) is 0 Å². The van der Waals surface area contributed by atoms with Gasteiger partial charge in [-0.15, -0.1) is 0 Å². The van der Waals surface area contributed by atoms with E-state index in [1.54, 1.807) is 12.3 Å². The lowest BCUT2D eigenvalue weighted by Crippen LogP contribution is -2.12. The molecule has 0 bridgehead atoms. The van der Waals surface area contributed by atoms with Crippen LogP contribution in [0.15, 0.2) is 75.5 Å². The maximum Gasteiger partial charge on any atom is 0.336 e. The first-order valence-corrected chi connectivity index (χ1v) is 8.77. The molecule has 3 aromatic rings. The summed E-state index contributed by atoms with van der Waals surface area (Å²) >= 11 is 1.44. The molecule has 0 atom stereocenters. The number of benzene rings is 1. The Morgan fingerprint density at radius 1 is 1.35 bits per heavy atom. The summed E-state index contributed by atoms with van der Waals surface area (Å²) in [6, 6.07) is 10.6. The first kappa shape index (κ1) is 17.8. The molecule has 0 amide bonds. The van der Waals surface area contributed by atoms with E-state index in [1.807, 2.05) is 48.1 Å². The fraction of sp³-hybridized carbons (Fsp3) is 0.105. The Morgan fingerprint density at radius 3 is 2.85 bits per heavy atom. The Balaban J connectivity index is 1.60. The van der Waals surface area contributed by atoms with Crippen molar-refractivity contribution in [3.63, 3.8) is 0 Å². The minimum absolute atomic E-state index is 0.140. The van der Waals surface area contributed by atoms with Crippen molar-refractivity contribution in [1.29, 1.82) is 0 Å². The first-order valence-electron chi connectivity index (χ1n) is 7.78. The molecule has 0 aliphatic heterocycles. The van der Waals surface area contributed by atoms with Gasteiger partial charge in [0.1, 0.15) is 12.0 Å². The number of hydrogen-bond donors (Lipinski definition) is 0. The van der Waals surface area contributed by atoms with Crippen LogP contribution in [-0.4, -0.2) is 15.5 Å². The van der Waals surface area contributed by atoms with Gasteiger partial charge >= 0.3 is 5.97 Å². The predicted molar refractivity (Wildman–Crippen MR) is 98.9 cm³/mol. The number of ether oxygens (including phenoxy) is 1. The SMILES string of the molecule is Cn1ccnc1SCc1cc(=O)c(OC(=O)/C=C/c2ccccc2)co1. The lowest BCUT2D eigenvalue weighted by molar-refractivity contribution is -0.129. The number of hydrogen-bond acceptors (Lipinski definition) is 6. The number of rotatable bonds is 6. The molecule has 0 unspecified atom stereocenters. The van der Waals surface area contributed by atoms with E-state index < -0.39 is 11.4 Å². The number of nitrogens with zero attached hydrogens (tertiary/aromatic N) is 2.